The highest BCUT2D eigenvalue weighted by atomic mass is 16.5. The van der Waals surface area contributed by atoms with Crippen LogP contribution in [0.5, 0.6) is 5.88 Å². The highest BCUT2D eigenvalue weighted by molar-refractivity contribution is 5.98. The number of carboxylic acids is 1. The van der Waals surface area contributed by atoms with Crippen molar-refractivity contribution in [3.63, 3.8) is 0 Å². The third-order valence-corrected chi connectivity index (χ3v) is 7.73. The summed E-state index contributed by atoms with van der Waals surface area (Å²) in [6.07, 6.45) is 6.13. The molecule has 1 aromatic heterocycles. The van der Waals surface area contributed by atoms with Crippen molar-refractivity contribution in [2.24, 2.45) is 11.3 Å². The number of hydrogen-bond donors (Lipinski definition) is 2. The SMILES string of the molecule is COc1ccc(-c2ccc(CC[C@@H](O)[C@@H](CCN3C(=O)CC4(CCCC4)CC3=O)C(=O)O)cc2)cn1. The molecule has 2 N–H and O–H groups in total. The molecule has 0 radical (unpaired) electrons. The Morgan fingerprint density at radius 3 is 2.22 bits per heavy atom. The van der Waals surface area contributed by atoms with Gasteiger partial charge in [0.25, 0.3) is 0 Å². The lowest BCUT2D eigenvalue weighted by Crippen LogP contribution is -2.48. The second-order valence-electron chi connectivity index (χ2n) is 10.1. The van der Waals surface area contributed by atoms with Gasteiger partial charge in [-0.2, -0.15) is 0 Å². The second kappa shape index (κ2) is 11.2. The van der Waals surface area contributed by atoms with Crippen LogP contribution in [-0.4, -0.2) is 57.6 Å². The van der Waals surface area contributed by atoms with Crippen molar-refractivity contribution in [1.82, 2.24) is 9.88 Å². The zero-order valence-corrected chi connectivity index (χ0v) is 20.7. The number of carbonyl (C=O) groups excluding carboxylic acids is 2. The van der Waals surface area contributed by atoms with E-state index in [-0.39, 0.29) is 36.6 Å². The number of carboxylic acid groups (broad SMARTS) is 1. The molecule has 1 aliphatic heterocycles. The van der Waals surface area contributed by atoms with Crippen molar-refractivity contribution in [1.29, 1.82) is 0 Å². The number of amides is 2. The Kier molecular flexibility index (Phi) is 8.04. The first-order valence-corrected chi connectivity index (χ1v) is 12.6. The summed E-state index contributed by atoms with van der Waals surface area (Å²) in [5.41, 5.74) is 2.74. The van der Waals surface area contributed by atoms with E-state index in [9.17, 15) is 24.6 Å². The summed E-state index contributed by atoms with van der Waals surface area (Å²) < 4.78 is 5.08. The zero-order valence-electron chi connectivity index (χ0n) is 20.7. The van der Waals surface area contributed by atoms with Crippen LogP contribution in [0.1, 0.15) is 56.9 Å². The van der Waals surface area contributed by atoms with Gasteiger partial charge in [-0.3, -0.25) is 19.3 Å². The van der Waals surface area contributed by atoms with Gasteiger partial charge >= 0.3 is 5.97 Å². The normalized spacial score (nSPS) is 18.9. The molecule has 2 fully saturated rings. The zero-order chi connectivity index (χ0) is 25.7. The molecular weight excluding hydrogens is 460 g/mol. The number of aromatic nitrogens is 1. The fourth-order valence-electron chi connectivity index (χ4n) is 5.56. The quantitative estimate of drug-likeness (QED) is 0.482. The van der Waals surface area contributed by atoms with Crippen LogP contribution in [0.4, 0.5) is 0 Å². The lowest BCUT2D eigenvalue weighted by molar-refractivity contribution is -0.156. The van der Waals surface area contributed by atoms with Gasteiger partial charge in [-0.15, -0.1) is 0 Å². The molecule has 1 saturated heterocycles. The van der Waals surface area contributed by atoms with Crippen LogP contribution < -0.4 is 4.74 Å². The Morgan fingerprint density at radius 2 is 1.67 bits per heavy atom. The van der Waals surface area contributed by atoms with Gasteiger partial charge in [0.1, 0.15) is 0 Å². The first-order valence-electron chi connectivity index (χ1n) is 12.6. The number of piperidine rings is 1. The predicted molar refractivity (Wildman–Crippen MR) is 133 cm³/mol. The summed E-state index contributed by atoms with van der Waals surface area (Å²) in [5.74, 6) is -2.03. The summed E-state index contributed by atoms with van der Waals surface area (Å²) in [6.45, 7) is 0.0341. The fraction of sp³-hybridized carbons (Fsp3) is 0.500. The number of aliphatic hydroxyl groups is 1. The van der Waals surface area contributed by atoms with Crippen LogP contribution in [0.3, 0.4) is 0 Å². The van der Waals surface area contributed by atoms with Crippen molar-refractivity contribution < 1.29 is 29.3 Å². The van der Waals surface area contributed by atoms with Crippen molar-refractivity contribution in [2.75, 3.05) is 13.7 Å². The Balaban J connectivity index is 1.30. The maximum absolute atomic E-state index is 12.7. The standard InChI is InChI=1S/C28H34N2O6/c1-36-24-11-9-21(18-29-24)20-7-4-19(5-8-20)6-10-23(31)22(27(34)35)12-15-30-25(32)16-28(17-26(30)33)13-2-3-14-28/h4-5,7-9,11,18,22-23,31H,2-3,6,10,12-17H2,1H3,(H,34,35)/t22-,23-/m1/s1. The van der Waals surface area contributed by atoms with Crippen LogP contribution in [0, 0.1) is 11.3 Å². The van der Waals surface area contributed by atoms with Crippen LogP contribution in [0.25, 0.3) is 11.1 Å². The molecule has 8 nitrogen and oxygen atoms in total. The summed E-state index contributed by atoms with van der Waals surface area (Å²) >= 11 is 0. The van der Waals surface area contributed by atoms with E-state index in [2.05, 4.69) is 4.98 Å². The van der Waals surface area contributed by atoms with Gasteiger partial charge in [0.05, 0.1) is 19.1 Å². The van der Waals surface area contributed by atoms with Gasteiger partial charge in [0.2, 0.25) is 17.7 Å². The molecular formula is C28H34N2O6. The first-order chi connectivity index (χ1) is 17.3. The number of methoxy groups -OCH3 is 1. The van der Waals surface area contributed by atoms with Crippen molar-refractivity contribution in [3.8, 4) is 17.0 Å². The molecule has 2 aromatic rings. The van der Waals surface area contributed by atoms with Crippen LogP contribution >= 0.6 is 0 Å². The van der Waals surface area contributed by atoms with Gasteiger partial charge in [0, 0.05) is 37.2 Å². The van der Waals surface area contributed by atoms with Gasteiger partial charge in [0.15, 0.2) is 0 Å². The van der Waals surface area contributed by atoms with Gasteiger partial charge in [-0.05, 0) is 54.7 Å². The Hall–Kier alpha value is -3.26. The van der Waals surface area contributed by atoms with Crippen molar-refractivity contribution in [2.45, 2.75) is 63.9 Å². The largest absolute Gasteiger partial charge is 0.481 e. The van der Waals surface area contributed by atoms with E-state index in [0.29, 0.717) is 25.1 Å². The molecule has 1 aliphatic carbocycles. The molecule has 1 aromatic carbocycles. The third kappa shape index (κ3) is 5.93. The lowest BCUT2D eigenvalue weighted by atomic mass is 9.76. The van der Waals surface area contributed by atoms with Crippen molar-refractivity contribution >= 4 is 17.8 Å². The number of hydrogen-bond acceptors (Lipinski definition) is 6. The average molecular weight is 495 g/mol. The Morgan fingerprint density at radius 1 is 1.03 bits per heavy atom. The number of aliphatic hydroxyl groups excluding tert-OH is 1. The van der Waals surface area contributed by atoms with Gasteiger partial charge in [-0.25, -0.2) is 4.98 Å². The van der Waals surface area contributed by atoms with E-state index < -0.39 is 18.0 Å². The molecule has 192 valence electrons. The molecule has 0 bridgehead atoms. The summed E-state index contributed by atoms with van der Waals surface area (Å²) in [4.78, 5) is 42.6. The second-order valence-corrected chi connectivity index (χ2v) is 10.1. The van der Waals surface area contributed by atoms with Crippen LogP contribution in [-0.2, 0) is 20.8 Å². The van der Waals surface area contributed by atoms with E-state index in [1.165, 1.54) is 4.90 Å². The van der Waals surface area contributed by atoms with Gasteiger partial charge < -0.3 is 14.9 Å². The topological polar surface area (TPSA) is 117 Å². The van der Waals surface area contributed by atoms with E-state index >= 15 is 0 Å². The molecule has 0 unspecified atom stereocenters. The minimum Gasteiger partial charge on any atom is -0.481 e. The number of imide groups is 1. The fourth-order valence-corrected chi connectivity index (χ4v) is 5.56. The number of aryl methyl sites for hydroxylation is 1. The number of rotatable bonds is 10. The molecule has 36 heavy (non-hydrogen) atoms. The van der Waals surface area contributed by atoms with Gasteiger partial charge in [-0.1, -0.05) is 37.1 Å². The molecule has 2 amide bonds. The molecule has 4 rings (SSSR count). The number of pyridine rings is 1. The minimum absolute atomic E-state index is 0.0341. The van der Waals surface area contributed by atoms with Crippen LogP contribution in [0.2, 0.25) is 0 Å². The highest BCUT2D eigenvalue weighted by Crippen LogP contribution is 2.47. The number of likely N-dealkylation sites (tertiary alicyclic amines) is 1. The number of carbonyl (C=O) groups is 3. The summed E-state index contributed by atoms with van der Waals surface area (Å²) in [6, 6.07) is 11.5. The Bertz CT molecular complexity index is 1060. The summed E-state index contributed by atoms with van der Waals surface area (Å²) in [7, 11) is 1.57. The number of aliphatic carboxylic acids is 1. The number of benzene rings is 1. The third-order valence-electron chi connectivity index (χ3n) is 7.73. The van der Waals surface area contributed by atoms with E-state index in [1.54, 1.807) is 19.4 Å². The lowest BCUT2D eigenvalue weighted by Gasteiger charge is -2.37. The van der Waals surface area contributed by atoms with Crippen LogP contribution in [0.15, 0.2) is 42.6 Å². The maximum Gasteiger partial charge on any atom is 0.309 e. The summed E-state index contributed by atoms with van der Waals surface area (Å²) in [5, 5.41) is 20.4. The molecule has 2 aliphatic rings. The first kappa shape index (κ1) is 25.8. The average Bonchev–Trinajstić information content (AvgIpc) is 3.31. The monoisotopic (exact) mass is 494 g/mol. The Labute approximate surface area is 211 Å². The van der Waals surface area contributed by atoms with E-state index in [4.69, 9.17) is 4.74 Å². The van der Waals surface area contributed by atoms with Crippen molar-refractivity contribution in [3.05, 3.63) is 48.2 Å². The molecule has 2 atom stereocenters. The van der Waals surface area contributed by atoms with E-state index in [0.717, 1.165) is 42.4 Å². The predicted octanol–water partition coefficient (Wildman–Crippen LogP) is 3.85. The molecule has 1 saturated carbocycles. The highest BCUT2D eigenvalue weighted by Gasteiger charge is 2.45. The van der Waals surface area contributed by atoms with E-state index in [1.807, 2.05) is 30.3 Å². The molecule has 2 heterocycles. The minimum atomic E-state index is -1.12. The molecule has 8 heteroatoms. The number of ether oxygens (including phenoxy) is 1. The number of nitrogens with zero attached hydrogens (tertiary/aromatic N) is 2. The maximum atomic E-state index is 12.7. The smallest absolute Gasteiger partial charge is 0.309 e. The molecule has 1 spiro atoms.